The van der Waals surface area contributed by atoms with Crippen molar-refractivity contribution < 1.29 is 39.6 Å². The van der Waals surface area contributed by atoms with Crippen LogP contribution in [0.25, 0.3) is 0 Å². The largest absolute Gasteiger partial charge is 0.480 e. The molecule has 13 nitrogen and oxygen atoms in total. The summed E-state index contributed by atoms with van der Waals surface area (Å²) in [4.78, 5) is 47.4. The summed E-state index contributed by atoms with van der Waals surface area (Å²) >= 11 is 5.27. The van der Waals surface area contributed by atoms with E-state index in [1.165, 1.54) is 9.80 Å². The topological polar surface area (TPSA) is 192 Å². The molecule has 0 spiro atoms. The standard InChI is InChI=1S/C24H37N5O8S/c1-2-3-8-25-24(38)27-18-6-4-17(5-7-18)11-19(26-12-20(30)31)13-28(14-21(32)33)9-10-29(15-22(34)35)16-23(36)37/h4-7,19,26H,2-3,8-16H2,1H3,(H,30,31)(H,32,33)(H,34,35)(H,36,37)(H2,25,27,38). The van der Waals surface area contributed by atoms with Crippen LogP contribution in [-0.4, -0.2) is 118 Å². The van der Waals surface area contributed by atoms with E-state index >= 15 is 0 Å². The van der Waals surface area contributed by atoms with Crippen molar-refractivity contribution >= 4 is 46.9 Å². The molecule has 0 aliphatic rings. The molecule has 0 heterocycles. The minimum Gasteiger partial charge on any atom is -0.480 e. The molecule has 0 aromatic heterocycles. The Bertz CT molecular complexity index is 915. The highest BCUT2D eigenvalue weighted by Crippen LogP contribution is 2.12. The van der Waals surface area contributed by atoms with Crippen LogP contribution in [0.3, 0.4) is 0 Å². The number of anilines is 1. The van der Waals surface area contributed by atoms with E-state index in [0.29, 0.717) is 11.5 Å². The maximum absolute atomic E-state index is 11.4. The zero-order valence-electron chi connectivity index (χ0n) is 21.4. The van der Waals surface area contributed by atoms with Gasteiger partial charge in [0.25, 0.3) is 0 Å². The SMILES string of the molecule is CCCCNC(=S)Nc1ccc(CC(CN(CCN(CC(=O)O)CC(=O)O)CC(=O)O)NCC(=O)O)cc1. The molecule has 38 heavy (non-hydrogen) atoms. The molecule has 1 unspecified atom stereocenters. The van der Waals surface area contributed by atoms with Crippen molar-refractivity contribution in [3.63, 3.8) is 0 Å². The molecule has 1 atom stereocenters. The number of rotatable bonds is 20. The molecular weight excluding hydrogens is 518 g/mol. The summed E-state index contributed by atoms with van der Waals surface area (Å²) in [5.41, 5.74) is 1.65. The number of carboxylic acids is 4. The van der Waals surface area contributed by atoms with Crippen molar-refractivity contribution in [3.05, 3.63) is 29.8 Å². The van der Waals surface area contributed by atoms with Crippen LogP contribution in [0.1, 0.15) is 25.3 Å². The molecule has 1 aromatic rings. The molecule has 1 rings (SSSR count). The zero-order chi connectivity index (χ0) is 28.5. The van der Waals surface area contributed by atoms with Gasteiger partial charge >= 0.3 is 23.9 Å². The summed E-state index contributed by atoms with van der Waals surface area (Å²) in [7, 11) is 0. The van der Waals surface area contributed by atoms with Crippen molar-refractivity contribution in [3.8, 4) is 0 Å². The number of unbranched alkanes of at least 4 members (excludes halogenated alkanes) is 1. The summed E-state index contributed by atoms with van der Waals surface area (Å²) in [5, 5.41) is 46.2. The van der Waals surface area contributed by atoms with Gasteiger partial charge in [0.05, 0.1) is 26.2 Å². The minimum absolute atomic E-state index is 0.00407. The van der Waals surface area contributed by atoms with Gasteiger partial charge in [-0.1, -0.05) is 25.5 Å². The molecule has 0 amide bonds. The van der Waals surface area contributed by atoms with E-state index in [9.17, 15) is 24.3 Å². The van der Waals surface area contributed by atoms with Crippen LogP contribution in [0, 0.1) is 0 Å². The molecule has 0 bridgehead atoms. The summed E-state index contributed by atoms with van der Waals surface area (Å²) < 4.78 is 0. The van der Waals surface area contributed by atoms with Crippen LogP contribution in [-0.2, 0) is 25.6 Å². The van der Waals surface area contributed by atoms with Gasteiger partial charge in [-0.25, -0.2) is 0 Å². The second-order valence-corrected chi connectivity index (χ2v) is 9.14. The molecule has 0 fully saturated rings. The van der Waals surface area contributed by atoms with Gasteiger partial charge in [-0.15, -0.1) is 0 Å². The number of carboxylic acid groups (broad SMARTS) is 4. The number of thiocarbonyl (C=S) groups is 1. The first kappa shape index (κ1) is 32.7. The van der Waals surface area contributed by atoms with Crippen molar-refractivity contribution in [2.24, 2.45) is 0 Å². The van der Waals surface area contributed by atoms with Gasteiger partial charge in [-0.2, -0.15) is 0 Å². The fourth-order valence-electron chi connectivity index (χ4n) is 3.61. The second-order valence-electron chi connectivity index (χ2n) is 8.73. The third-order valence-electron chi connectivity index (χ3n) is 5.34. The number of nitrogens with one attached hydrogen (secondary N) is 3. The number of carbonyl (C=O) groups is 4. The molecule has 212 valence electrons. The summed E-state index contributed by atoms with van der Waals surface area (Å²) in [6, 6.07) is 6.93. The molecule has 0 aliphatic carbocycles. The quantitative estimate of drug-likeness (QED) is 0.0853. The Morgan fingerprint density at radius 3 is 1.95 bits per heavy atom. The van der Waals surface area contributed by atoms with Crippen LogP contribution in [0.15, 0.2) is 24.3 Å². The average Bonchev–Trinajstić information content (AvgIpc) is 2.81. The fraction of sp³-hybridized carbons (Fsp3) is 0.542. The van der Waals surface area contributed by atoms with Crippen LogP contribution >= 0.6 is 12.2 Å². The van der Waals surface area contributed by atoms with E-state index in [-0.39, 0.29) is 32.7 Å². The number of aliphatic carboxylic acids is 4. The third-order valence-corrected chi connectivity index (χ3v) is 5.59. The number of benzene rings is 1. The predicted octanol–water partition coefficient (Wildman–Crippen LogP) is 0.216. The van der Waals surface area contributed by atoms with Crippen LogP contribution in [0.4, 0.5) is 5.69 Å². The highest BCUT2D eigenvalue weighted by molar-refractivity contribution is 7.80. The zero-order valence-corrected chi connectivity index (χ0v) is 22.2. The summed E-state index contributed by atoms with van der Waals surface area (Å²) in [5.74, 6) is -4.60. The van der Waals surface area contributed by atoms with Crippen molar-refractivity contribution in [1.29, 1.82) is 0 Å². The smallest absolute Gasteiger partial charge is 0.317 e. The van der Waals surface area contributed by atoms with Gasteiger partial charge in [0, 0.05) is 37.9 Å². The Balaban J connectivity index is 2.88. The Hall–Kier alpha value is -3.33. The van der Waals surface area contributed by atoms with E-state index < -0.39 is 43.0 Å². The van der Waals surface area contributed by atoms with Gasteiger partial charge in [0.1, 0.15) is 0 Å². The monoisotopic (exact) mass is 555 g/mol. The first-order valence-corrected chi connectivity index (χ1v) is 12.6. The summed E-state index contributed by atoms with van der Waals surface area (Å²) in [6.45, 7) is 1.33. The molecule has 0 saturated heterocycles. The highest BCUT2D eigenvalue weighted by atomic mass is 32.1. The van der Waals surface area contributed by atoms with Crippen molar-refractivity contribution in [1.82, 2.24) is 20.4 Å². The lowest BCUT2D eigenvalue weighted by Crippen LogP contribution is -2.48. The van der Waals surface area contributed by atoms with E-state index in [1.54, 1.807) is 0 Å². The maximum atomic E-state index is 11.4. The number of hydrogen-bond donors (Lipinski definition) is 7. The lowest BCUT2D eigenvalue weighted by molar-refractivity contribution is -0.143. The molecule has 0 radical (unpaired) electrons. The first-order valence-electron chi connectivity index (χ1n) is 12.2. The van der Waals surface area contributed by atoms with Crippen LogP contribution in [0.5, 0.6) is 0 Å². The number of nitrogens with zero attached hydrogens (tertiary/aromatic N) is 2. The molecule has 7 N–H and O–H groups in total. The van der Waals surface area contributed by atoms with E-state index in [0.717, 1.165) is 30.6 Å². The molecule has 14 heteroatoms. The Kier molecular flexibility index (Phi) is 15.5. The first-order chi connectivity index (χ1) is 18.0. The lowest BCUT2D eigenvalue weighted by atomic mass is 10.0. The molecule has 1 aromatic carbocycles. The van der Waals surface area contributed by atoms with Gasteiger partial charge in [-0.3, -0.25) is 29.0 Å². The van der Waals surface area contributed by atoms with Crippen LogP contribution in [0.2, 0.25) is 0 Å². The van der Waals surface area contributed by atoms with Gasteiger partial charge < -0.3 is 36.4 Å². The summed E-state index contributed by atoms with van der Waals surface area (Å²) in [6.07, 6.45) is 2.44. The average molecular weight is 556 g/mol. The number of hydrogen-bond acceptors (Lipinski definition) is 8. The van der Waals surface area contributed by atoms with Gasteiger partial charge in [0.2, 0.25) is 0 Å². The third kappa shape index (κ3) is 15.7. The maximum Gasteiger partial charge on any atom is 0.317 e. The normalized spacial score (nSPS) is 11.8. The van der Waals surface area contributed by atoms with E-state index in [4.69, 9.17) is 27.5 Å². The Morgan fingerprint density at radius 1 is 0.868 bits per heavy atom. The lowest BCUT2D eigenvalue weighted by Gasteiger charge is -2.29. The Labute approximate surface area is 226 Å². The van der Waals surface area contributed by atoms with Gasteiger partial charge in [0.15, 0.2) is 5.11 Å². The molecule has 0 saturated carbocycles. The van der Waals surface area contributed by atoms with Crippen molar-refractivity contribution in [2.45, 2.75) is 32.2 Å². The molecule has 0 aliphatic heterocycles. The van der Waals surface area contributed by atoms with Crippen LogP contribution < -0.4 is 16.0 Å². The fourth-order valence-corrected chi connectivity index (χ4v) is 3.83. The minimum atomic E-state index is -1.20. The second kappa shape index (κ2) is 18.0. The van der Waals surface area contributed by atoms with Gasteiger partial charge in [-0.05, 0) is 42.8 Å². The predicted molar refractivity (Wildman–Crippen MR) is 144 cm³/mol. The van der Waals surface area contributed by atoms with Crippen molar-refractivity contribution in [2.75, 3.05) is 57.7 Å². The van der Waals surface area contributed by atoms with E-state index in [1.807, 2.05) is 24.3 Å². The Morgan fingerprint density at radius 2 is 1.42 bits per heavy atom. The molecular formula is C24H37N5O8S. The highest BCUT2D eigenvalue weighted by Gasteiger charge is 2.20. The van der Waals surface area contributed by atoms with E-state index in [2.05, 4.69) is 22.9 Å².